The molecule has 0 saturated heterocycles. The molecule has 0 amide bonds. The Hall–Kier alpha value is -1.88. The average Bonchev–Trinajstić information content (AvgIpc) is 2.82. The van der Waals surface area contributed by atoms with Crippen molar-refractivity contribution in [3.63, 3.8) is 0 Å². The average molecular weight is 263 g/mol. The van der Waals surface area contributed by atoms with Gasteiger partial charge in [-0.05, 0) is 24.4 Å². The number of carbonyl (C=O) groups is 1. The lowest BCUT2D eigenvalue weighted by atomic mass is 10.3. The van der Waals surface area contributed by atoms with E-state index in [0.717, 1.165) is 4.70 Å². The SMILES string of the molecule is C=C(Cn1ccc2sccc2c1=O)C(=O)OCC. The molecule has 0 aliphatic carbocycles. The van der Waals surface area contributed by atoms with Gasteiger partial charge in [-0.3, -0.25) is 4.79 Å². The molecule has 2 heterocycles. The number of hydrogen-bond acceptors (Lipinski definition) is 4. The van der Waals surface area contributed by atoms with Crippen LogP contribution in [0.2, 0.25) is 0 Å². The number of carbonyl (C=O) groups excluding carboxylic acids is 1. The second-order valence-electron chi connectivity index (χ2n) is 3.77. The third-order valence-electron chi connectivity index (χ3n) is 2.52. The Kier molecular flexibility index (Phi) is 3.62. The first-order chi connectivity index (χ1) is 8.63. The molecule has 0 unspecified atom stereocenters. The highest BCUT2D eigenvalue weighted by atomic mass is 32.1. The lowest BCUT2D eigenvalue weighted by Crippen LogP contribution is -2.22. The Morgan fingerprint density at radius 2 is 2.28 bits per heavy atom. The van der Waals surface area contributed by atoms with E-state index < -0.39 is 5.97 Å². The number of pyridine rings is 1. The minimum absolute atomic E-state index is 0.112. The summed E-state index contributed by atoms with van der Waals surface area (Å²) < 4.78 is 7.25. The van der Waals surface area contributed by atoms with E-state index in [0.29, 0.717) is 12.0 Å². The summed E-state index contributed by atoms with van der Waals surface area (Å²) in [4.78, 5) is 23.5. The van der Waals surface area contributed by atoms with Crippen molar-refractivity contribution < 1.29 is 9.53 Å². The molecule has 0 spiro atoms. The van der Waals surface area contributed by atoms with Gasteiger partial charge in [0.05, 0.1) is 18.5 Å². The van der Waals surface area contributed by atoms with Gasteiger partial charge in [0.2, 0.25) is 0 Å². The van der Waals surface area contributed by atoms with Crippen molar-refractivity contribution in [2.24, 2.45) is 0 Å². The quantitative estimate of drug-likeness (QED) is 0.627. The molecule has 18 heavy (non-hydrogen) atoms. The highest BCUT2D eigenvalue weighted by molar-refractivity contribution is 7.17. The van der Waals surface area contributed by atoms with Crippen molar-refractivity contribution in [2.45, 2.75) is 13.5 Å². The lowest BCUT2D eigenvalue weighted by molar-refractivity contribution is -0.138. The van der Waals surface area contributed by atoms with Crippen molar-refractivity contribution in [1.82, 2.24) is 4.57 Å². The highest BCUT2D eigenvalue weighted by Crippen LogP contribution is 2.16. The minimum Gasteiger partial charge on any atom is -0.463 e. The van der Waals surface area contributed by atoms with Gasteiger partial charge in [-0.15, -0.1) is 11.3 Å². The van der Waals surface area contributed by atoms with Gasteiger partial charge in [-0.25, -0.2) is 4.79 Å². The van der Waals surface area contributed by atoms with Crippen LogP contribution in [0.4, 0.5) is 0 Å². The maximum atomic E-state index is 12.1. The summed E-state index contributed by atoms with van der Waals surface area (Å²) in [6.45, 7) is 5.83. The van der Waals surface area contributed by atoms with Gasteiger partial charge in [-0.1, -0.05) is 6.58 Å². The normalized spacial score (nSPS) is 10.5. The highest BCUT2D eigenvalue weighted by Gasteiger charge is 2.10. The number of aromatic nitrogens is 1. The molecular weight excluding hydrogens is 250 g/mol. The van der Waals surface area contributed by atoms with E-state index in [-0.39, 0.29) is 17.7 Å². The molecule has 0 aliphatic rings. The van der Waals surface area contributed by atoms with Crippen LogP contribution >= 0.6 is 11.3 Å². The van der Waals surface area contributed by atoms with Gasteiger partial charge in [0.1, 0.15) is 0 Å². The van der Waals surface area contributed by atoms with E-state index in [9.17, 15) is 9.59 Å². The number of fused-ring (bicyclic) bond motifs is 1. The molecule has 94 valence electrons. The monoisotopic (exact) mass is 263 g/mol. The zero-order valence-electron chi connectivity index (χ0n) is 10.0. The van der Waals surface area contributed by atoms with Crippen LogP contribution in [0, 0.1) is 0 Å². The summed E-state index contributed by atoms with van der Waals surface area (Å²) in [6.07, 6.45) is 1.67. The van der Waals surface area contributed by atoms with Crippen molar-refractivity contribution >= 4 is 27.4 Å². The molecule has 0 aliphatic heterocycles. The summed E-state index contributed by atoms with van der Waals surface area (Å²) in [7, 11) is 0. The molecule has 5 heteroatoms. The summed E-state index contributed by atoms with van der Waals surface area (Å²) in [6, 6.07) is 3.64. The van der Waals surface area contributed by atoms with Crippen LogP contribution in [-0.2, 0) is 16.1 Å². The van der Waals surface area contributed by atoms with Gasteiger partial charge in [0.25, 0.3) is 5.56 Å². The standard InChI is InChI=1S/C13H13NO3S/c1-3-17-13(16)9(2)8-14-6-4-11-10(12(14)15)5-7-18-11/h4-7H,2-3,8H2,1H3. The molecule has 0 saturated carbocycles. The topological polar surface area (TPSA) is 48.3 Å². The van der Waals surface area contributed by atoms with Gasteiger partial charge < -0.3 is 9.30 Å². The van der Waals surface area contributed by atoms with E-state index in [1.165, 1.54) is 15.9 Å². The number of esters is 1. The van der Waals surface area contributed by atoms with Crippen LogP contribution in [-0.4, -0.2) is 17.1 Å². The van der Waals surface area contributed by atoms with E-state index in [1.54, 1.807) is 19.2 Å². The number of ether oxygens (including phenoxy) is 1. The Bertz CT molecular complexity index is 654. The Labute approximate surface area is 108 Å². The molecule has 0 bridgehead atoms. The van der Waals surface area contributed by atoms with Crippen molar-refractivity contribution in [1.29, 1.82) is 0 Å². The second kappa shape index (κ2) is 5.18. The second-order valence-corrected chi connectivity index (χ2v) is 4.72. The Morgan fingerprint density at radius 3 is 3.00 bits per heavy atom. The summed E-state index contributed by atoms with van der Waals surface area (Å²) in [5.41, 5.74) is 0.160. The fourth-order valence-electron chi connectivity index (χ4n) is 1.63. The van der Waals surface area contributed by atoms with Crippen molar-refractivity contribution in [3.8, 4) is 0 Å². The summed E-state index contributed by atoms with van der Waals surface area (Å²) in [5.74, 6) is -0.463. The molecule has 0 aromatic carbocycles. The van der Waals surface area contributed by atoms with Gasteiger partial charge in [-0.2, -0.15) is 0 Å². The van der Waals surface area contributed by atoms with Crippen LogP contribution in [0.25, 0.3) is 10.1 Å². The molecule has 2 aromatic rings. The third kappa shape index (κ3) is 2.36. The molecule has 0 N–H and O–H groups in total. The van der Waals surface area contributed by atoms with E-state index in [1.807, 2.05) is 11.4 Å². The third-order valence-corrected chi connectivity index (χ3v) is 3.40. The number of thiophene rings is 1. The largest absolute Gasteiger partial charge is 0.463 e. The predicted molar refractivity (Wildman–Crippen MR) is 71.9 cm³/mol. The fraction of sp³-hybridized carbons (Fsp3) is 0.231. The fourth-order valence-corrected chi connectivity index (χ4v) is 2.41. The van der Waals surface area contributed by atoms with Crippen LogP contribution in [0.15, 0.2) is 40.7 Å². The summed E-state index contributed by atoms with van der Waals surface area (Å²) in [5, 5.41) is 2.54. The van der Waals surface area contributed by atoms with E-state index >= 15 is 0 Å². The first-order valence-corrected chi connectivity index (χ1v) is 6.43. The predicted octanol–water partition coefficient (Wildman–Crippen LogP) is 2.18. The molecule has 2 rings (SSSR count). The van der Waals surface area contributed by atoms with E-state index in [4.69, 9.17) is 4.74 Å². The lowest BCUT2D eigenvalue weighted by Gasteiger charge is -2.07. The smallest absolute Gasteiger partial charge is 0.335 e. The summed E-state index contributed by atoms with van der Waals surface area (Å²) >= 11 is 1.52. The van der Waals surface area contributed by atoms with Crippen LogP contribution in [0.5, 0.6) is 0 Å². The van der Waals surface area contributed by atoms with Gasteiger partial charge >= 0.3 is 5.97 Å². The molecule has 2 aromatic heterocycles. The zero-order valence-corrected chi connectivity index (χ0v) is 10.8. The van der Waals surface area contributed by atoms with Crippen LogP contribution in [0.1, 0.15) is 6.92 Å². The number of rotatable bonds is 4. The van der Waals surface area contributed by atoms with Crippen LogP contribution < -0.4 is 5.56 Å². The Morgan fingerprint density at radius 1 is 1.50 bits per heavy atom. The van der Waals surface area contributed by atoms with Gasteiger partial charge in [0.15, 0.2) is 0 Å². The number of hydrogen-bond donors (Lipinski definition) is 0. The first-order valence-electron chi connectivity index (χ1n) is 5.55. The number of nitrogens with zero attached hydrogens (tertiary/aromatic N) is 1. The molecular formula is C13H13NO3S. The maximum Gasteiger partial charge on any atom is 0.335 e. The molecule has 0 radical (unpaired) electrons. The molecule has 0 atom stereocenters. The first kappa shape index (κ1) is 12.6. The van der Waals surface area contributed by atoms with Crippen molar-refractivity contribution in [3.05, 3.63) is 46.2 Å². The zero-order chi connectivity index (χ0) is 13.1. The minimum atomic E-state index is -0.463. The maximum absolute atomic E-state index is 12.1. The Balaban J connectivity index is 2.27. The van der Waals surface area contributed by atoms with Crippen LogP contribution in [0.3, 0.4) is 0 Å². The van der Waals surface area contributed by atoms with Crippen molar-refractivity contribution in [2.75, 3.05) is 6.61 Å². The molecule has 4 nitrogen and oxygen atoms in total. The van der Waals surface area contributed by atoms with E-state index in [2.05, 4.69) is 6.58 Å². The molecule has 0 fully saturated rings. The van der Waals surface area contributed by atoms with Gasteiger partial charge in [0, 0.05) is 16.5 Å².